The Bertz CT molecular complexity index is 832. The molecule has 6 nitrogen and oxygen atoms in total. The summed E-state index contributed by atoms with van der Waals surface area (Å²) in [7, 11) is 0. The highest BCUT2D eigenvalue weighted by molar-refractivity contribution is 5.92. The van der Waals surface area contributed by atoms with Crippen molar-refractivity contribution >= 4 is 23.5 Å². The van der Waals surface area contributed by atoms with Crippen LogP contribution in [0.2, 0.25) is 0 Å². The molecule has 142 valence electrons. The maximum Gasteiger partial charge on any atom is 0.335 e. The Kier molecular flexibility index (Phi) is 7.11. The summed E-state index contributed by atoms with van der Waals surface area (Å²) in [6.45, 7) is 4.16. The van der Waals surface area contributed by atoms with E-state index >= 15 is 0 Å². The summed E-state index contributed by atoms with van der Waals surface area (Å²) in [5.41, 5.74) is 2.36. The average molecular weight is 368 g/mol. The van der Waals surface area contributed by atoms with Crippen LogP contribution in [0.4, 0.5) is 5.69 Å². The van der Waals surface area contributed by atoms with Gasteiger partial charge < -0.3 is 15.7 Å². The number of benzene rings is 2. The van der Waals surface area contributed by atoms with Crippen LogP contribution < -0.4 is 10.6 Å². The summed E-state index contributed by atoms with van der Waals surface area (Å²) in [4.78, 5) is 35.1. The highest BCUT2D eigenvalue weighted by atomic mass is 16.4. The number of amides is 2. The maximum absolute atomic E-state index is 12.1. The third-order valence-corrected chi connectivity index (χ3v) is 4.28. The molecule has 0 aromatic heterocycles. The molecule has 0 saturated carbocycles. The van der Waals surface area contributed by atoms with Gasteiger partial charge in [0.25, 0.3) is 0 Å². The van der Waals surface area contributed by atoms with Crippen molar-refractivity contribution in [1.82, 2.24) is 5.32 Å². The smallest absolute Gasteiger partial charge is 0.335 e. The van der Waals surface area contributed by atoms with Crippen molar-refractivity contribution < 1.29 is 19.5 Å². The minimum Gasteiger partial charge on any atom is -0.478 e. The molecule has 1 unspecified atom stereocenters. The number of aromatic carboxylic acids is 1. The van der Waals surface area contributed by atoms with Gasteiger partial charge in [0, 0.05) is 18.2 Å². The van der Waals surface area contributed by atoms with Gasteiger partial charge in [-0.15, -0.1) is 0 Å². The van der Waals surface area contributed by atoms with Gasteiger partial charge in [0.2, 0.25) is 11.8 Å². The monoisotopic (exact) mass is 368 g/mol. The molecule has 2 aromatic carbocycles. The van der Waals surface area contributed by atoms with Gasteiger partial charge >= 0.3 is 5.97 Å². The first-order valence-corrected chi connectivity index (χ1v) is 8.87. The fourth-order valence-corrected chi connectivity index (χ4v) is 2.47. The van der Waals surface area contributed by atoms with E-state index in [1.807, 2.05) is 38.1 Å². The van der Waals surface area contributed by atoms with Crippen LogP contribution in [0.5, 0.6) is 0 Å². The second-order valence-corrected chi connectivity index (χ2v) is 6.46. The minimum absolute atomic E-state index is 0.0306. The lowest BCUT2D eigenvalue weighted by Crippen LogP contribution is -2.25. The molecular weight excluding hydrogens is 344 g/mol. The first-order valence-electron chi connectivity index (χ1n) is 8.87. The molecule has 0 bridgehead atoms. The summed E-state index contributed by atoms with van der Waals surface area (Å²) in [6, 6.07) is 13.6. The predicted molar refractivity (Wildman–Crippen MR) is 103 cm³/mol. The summed E-state index contributed by atoms with van der Waals surface area (Å²) in [5.74, 6) is -1.31. The summed E-state index contributed by atoms with van der Waals surface area (Å²) in [6.07, 6.45) is 0.871. The third-order valence-electron chi connectivity index (χ3n) is 4.28. The zero-order chi connectivity index (χ0) is 19.8. The molecule has 2 amide bonds. The number of carbonyl (C=O) groups excluding carboxylic acids is 2. The molecule has 3 N–H and O–H groups in total. The van der Waals surface area contributed by atoms with Gasteiger partial charge in [-0.1, -0.05) is 38.1 Å². The van der Waals surface area contributed by atoms with Crippen molar-refractivity contribution in [3.63, 3.8) is 0 Å². The summed E-state index contributed by atoms with van der Waals surface area (Å²) >= 11 is 0. The molecule has 27 heavy (non-hydrogen) atoms. The van der Waals surface area contributed by atoms with Crippen LogP contribution in [0, 0.1) is 5.92 Å². The number of hydrogen-bond donors (Lipinski definition) is 3. The Labute approximate surface area is 158 Å². The van der Waals surface area contributed by atoms with Crippen LogP contribution in [0.25, 0.3) is 0 Å². The molecule has 1 atom stereocenters. The van der Waals surface area contributed by atoms with E-state index in [4.69, 9.17) is 5.11 Å². The molecule has 0 saturated heterocycles. The number of carboxylic acids is 1. The van der Waals surface area contributed by atoms with E-state index in [9.17, 15) is 14.4 Å². The molecule has 0 aliphatic heterocycles. The highest BCUT2D eigenvalue weighted by Crippen LogP contribution is 2.13. The number of hydrogen-bond acceptors (Lipinski definition) is 3. The van der Waals surface area contributed by atoms with Gasteiger partial charge in [0.1, 0.15) is 0 Å². The molecule has 0 fully saturated rings. The van der Waals surface area contributed by atoms with E-state index in [0.717, 1.165) is 12.0 Å². The Morgan fingerprint density at radius 1 is 1.04 bits per heavy atom. The average Bonchev–Trinajstić information content (AvgIpc) is 2.66. The highest BCUT2D eigenvalue weighted by Gasteiger charge is 2.11. The molecule has 0 spiro atoms. The standard InChI is InChI=1S/C21H24N2O4/c1-3-14(2)20(25)23-18-9-5-7-16(11-18)13-22-19(24)12-15-6-4-8-17(10-15)21(26)27/h4-11,14H,3,12-13H2,1-2H3,(H,22,24)(H,23,25)(H,26,27). The van der Waals surface area contributed by atoms with E-state index in [-0.39, 0.29) is 29.7 Å². The van der Waals surface area contributed by atoms with Gasteiger partial charge in [-0.3, -0.25) is 9.59 Å². The van der Waals surface area contributed by atoms with Crippen LogP contribution >= 0.6 is 0 Å². The fraction of sp³-hybridized carbons (Fsp3) is 0.286. The van der Waals surface area contributed by atoms with E-state index in [1.165, 1.54) is 12.1 Å². The number of carboxylic acid groups (broad SMARTS) is 1. The van der Waals surface area contributed by atoms with Gasteiger partial charge in [0.15, 0.2) is 0 Å². The van der Waals surface area contributed by atoms with E-state index in [0.29, 0.717) is 17.8 Å². The Balaban J connectivity index is 1.91. The van der Waals surface area contributed by atoms with Crippen molar-refractivity contribution in [2.45, 2.75) is 33.2 Å². The normalized spacial score (nSPS) is 11.5. The first-order chi connectivity index (χ1) is 12.9. The topological polar surface area (TPSA) is 95.5 Å². The maximum atomic E-state index is 12.1. The third kappa shape index (κ3) is 6.26. The van der Waals surface area contributed by atoms with Crippen molar-refractivity contribution in [1.29, 1.82) is 0 Å². The number of carbonyl (C=O) groups is 3. The lowest BCUT2D eigenvalue weighted by Gasteiger charge is -2.11. The summed E-state index contributed by atoms with van der Waals surface area (Å²) in [5, 5.41) is 14.7. The van der Waals surface area contributed by atoms with Crippen LogP contribution in [-0.2, 0) is 22.6 Å². The van der Waals surface area contributed by atoms with Crippen LogP contribution in [0.3, 0.4) is 0 Å². The van der Waals surface area contributed by atoms with E-state index in [2.05, 4.69) is 10.6 Å². The van der Waals surface area contributed by atoms with Crippen molar-refractivity contribution in [2.24, 2.45) is 5.92 Å². The zero-order valence-electron chi connectivity index (χ0n) is 15.5. The number of anilines is 1. The van der Waals surface area contributed by atoms with Gasteiger partial charge in [-0.25, -0.2) is 4.79 Å². The lowest BCUT2D eigenvalue weighted by molar-refractivity contribution is -0.121. The van der Waals surface area contributed by atoms with Gasteiger partial charge in [-0.05, 0) is 41.8 Å². The van der Waals surface area contributed by atoms with E-state index < -0.39 is 5.97 Å². The van der Waals surface area contributed by atoms with Crippen LogP contribution in [0.15, 0.2) is 48.5 Å². The lowest BCUT2D eigenvalue weighted by atomic mass is 10.1. The molecule has 2 aromatic rings. The SMILES string of the molecule is CCC(C)C(=O)Nc1cccc(CNC(=O)Cc2cccc(C(=O)O)c2)c1. The van der Waals surface area contributed by atoms with Gasteiger partial charge in [-0.2, -0.15) is 0 Å². The quantitative estimate of drug-likeness (QED) is 0.667. The first kappa shape index (κ1) is 20.2. The molecule has 0 radical (unpaired) electrons. The predicted octanol–water partition coefficient (Wildman–Crippen LogP) is 3.23. The molecule has 6 heteroatoms. The van der Waals surface area contributed by atoms with Crippen molar-refractivity contribution in [3.8, 4) is 0 Å². The largest absolute Gasteiger partial charge is 0.478 e. The molecule has 0 heterocycles. The summed E-state index contributed by atoms with van der Waals surface area (Å²) < 4.78 is 0. The second kappa shape index (κ2) is 9.52. The molecular formula is C21H24N2O4. The van der Waals surface area contributed by atoms with Crippen molar-refractivity contribution in [3.05, 3.63) is 65.2 Å². The van der Waals surface area contributed by atoms with Gasteiger partial charge in [0.05, 0.1) is 12.0 Å². The Morgan fingerprint density at radius 3 is 2.44 bits per heavy atom. The molecule has 0 aliphatic carbocycles. The molecule has 0 aliphatic rings. The Morgan fingerprint density at radius 2 is 1.74 bits per heavy atom. The minimum atomic E-state index is -1.02. The van der Waals surface area contributed by atoms with Crippen LogP contribution in [0.1, 0.15) is 41.8 Å². The van der Waals surface area contributed by atoms with Crippen LogP contribution in [-0.4, -0.2) is 22.9 Å². The number of nitrogens with one attached hydrogen (secondary N) is 2. The van der Waals surface area contributed by atoms with E-state index in [1.54, 1.807) is 12.1 Å². The zero-order valence-corrected chi connectivity index (χ0v) is 15.5. The fourth-order valence-electron chi connectivity index (χ4n) is 2.47. The second-order valence-electron chi connectivity index (χ2n) is 6.46. The van der Waals surface area contributed by atoms with Crippen molar-refractivity contribution in [2.75, 3.05) is 5.32 Å². The Hall–Kier alpha value is -3.15. The molecule has 2 rings (SSSR count). The number of rotatable bonds is 8.